The molecule has 0 aliphatic carbocycles. The summed E-state index contributed by atoms with van der Waals surface area (Å²) in [5, 5.41) is 13.7. The van der Waals surface area contributed by atoms with Crippen LogP contribution in [-0.2, 0) is 14.3 Å². The number of carbonyl (C=O) groups is 2. The molecule has 1 aromatic carbocycles. The van der Waals surface area contributed by atoms with Crippen molar-refractivity contribution in [2.45, 2.75) is 25.9 Å². The van der Waals surface area contributed by atoms with Crippen LogP contribution in [0.2, 0.25) is 0 Å². The van der Waals surface area contributed by atoms with Gasteiger partial charge in [0.1, 0.15) is 5.69 Å². The Hall–Kier alpha value is -2.64. The number of primary amides is 1. The number of para-hydroxylation sites is 2. The van der Waals surface area contributed by atoms with Crippen molar-refractivity contribution in [3.05, 3.63) is 34.4 Å². The number of nitrogens with zero attached hydrogens (tertiary/aromatic N) is 1. The average molecular weight is 295 g/mol. The third-order valence-electron chi connectivity index (χ3n) is 2.68. The fourth-order valence-electron chi connectivity index (χ4n) is 1.55. The van der Waals surface area contributed by atoms with Crippen LogP contribution >= 0.6 is 0 Å². The van der Waals surface area contributed by atoms with Crippen LogP contribution in [0, 0.1) is 10.1 Å². The van der Waals surface area contributed by atoms with Gasteiger partial charge in [-0.15, -0.1) is 0 Å². The highest BCUT2D eigenvalue weighted by Crippen LogP contribution is 2.22. The molecule has 8 heteroatoms. The van der Waals surface area contributed by atoms with Crippen LogP contribution in [0.5, 0.6) is 0 Å². The van der Waals surface area contributed by atoms with Crippen LogP contribution in [0.15, 0.2) is 24.3 Å². The molecule has 0 bridgehead atoms. The number of ether oxygens (including phenoxy) is 1. The molecule has 21 heavy (non-hydrogen) atoms. The molecule has 0 heterocycles. The van der Waals surface area contributed by atoms with E-state index < -0.39 is 22.9 Å². The van der Waals surface area contributed by atoms with E-state index in [1.807, 2.05) is 0 Å². The van der Waals surface area contributed by atoms with Gasteiger partial charge >= 0.3 is 5.97 Å². The lowest BCUT2D eigenvalue weighted by Gasteiger charge is -2.10. The highest BCUT2D eigenvalue weighted by Gasteiger charge is 2.14. The maximum atomic E-state index is 11.4. The molecule has 0 aromatic heterocycles. The van der Waals surface area contributed by atoms with Gasteiger partial charge in [0.05, 0.1) is 4.92 Å². The molecular formula is C13H17N3O5. The van der Waals surface area contributed by atoms with E-state index in [2.05, 4.69) is 5.32 Å². The molecule has 3 N–H and O–H groups in total. The molecule has 0 spiro atoms. The van der Waals surface area contributed by atoms with Gasteiger partial charge in [0.2, 0.25) is 0 Å². The Kier molecular flexibility index (Phi) is 6.12. The van der Waals surface area contributed by atoms with Crippen LogP contribution in [0.4, 0.5) is 11.4 Å². The SMILES string of the molecule is CC(OC(=O)CCCNc1ccccc1[N+](=O)[O-])C(N)=O. The first-order valence-corrected chi connectivity index (χ1v) is 6.38. The van der Waals surface area contributed by atoms with Crippen LogP contribution in [-0.4, -0.2) is 29.4 Å². The zero-order valence-electron chi connectivity index (χ0n) is 11.6. The number of hydrogen-bond donors (Lipinski definition) is 2. The summed E-state index contributed by atoms with van der Waals surface area (Å²) in [5.41, 5.74) is 5.33. The van der Waals surface area contributed by atoms with E-state index in [4.69, 9.17) is 10.5 Å². The molecule has 0 radical (unpaired) electrons. The Morgan fingerprint density at radius 3 is 2.71 bits per heavy atom. The fourth-order valence-corrected chi connectivity index (χ4v) is 1.55. The van der Waals surface area contributed by atoms with Crippen molar-refractivity contribution < 1.29 is 19.2 Å². The minimum atomic E-state index is -0.958. The number of nitro benzene ring substituents is 1. The van der Waals surface area contributed by atoms with Gasteiger partial charge in [-0.25, -0.2) is 0 Å². The van der Waals surface area contributed by atoms with Crippen LogP contribution in [0.1, 0.15) is 19.8 Å². The van der Waals surface area contributed by atoms with Crippen molar-refractivity contribution in [1.82, 2.24) is 0 Å². The second-order valence-corrected chi connectivity index (χ2v) is 4.34. The van der Waals surface area contributed by atoms with Gasteiger partial charge in [-0.2, -0.15) is 0 Å². The summed E-state index contributed by atoms with van der Waals surface area (Å²) < 4.78 is 4.78. The summed E-state index contributed by atoms with van der Waals surface area (Å²) in [6.07, 6.45) is -0.456. The molecule has 1 atom stereocenters. The number of benzene rings is 1. The smallest absolute Gasteiger partial charge is 0.306 e. The molecule has 0 fully saturated rings. The number of nitrogens with one attached hydrogen (secondary N) is 1. The standard InChI is InChI=1S/C13H17N3O5/c1-9(13(14)18)21-12(17)7-4-8-15-10-5-2-3-6-11(10)16(19)20/h2-3,5-6,9,15H,4,7-8H2,1H3,(H2,14,18). The van der Waals surface area contributed by atoms with Crippen molar-refractivity contribution >= 4 is 23.3 Å². The Balaban J connectivity index is 2.36. The molecular weight excluding hydrogens is 278 g/mol. The van der Waals surface area contributed by atoms with Gasteiger partial charge in [-0.05, 0) is 19.4 Å². The predicted octanol–water partition coefficient (Wildman–Crippen LogP) is 1.20. The lowest BCUT2D eigenvalue weighted by Crippen LogP contribution is -2.30. The van der Waals surface area contributed by atoms with Crippen molar-refractivity contribution in [2.24, 2.45) is 5.73 Å². The molecule has 0 saturated carbocycles. The number of esters is 1. The Bertz CT molecular complexity index is 532. The van der Waals surface area contributed by atoms with Gasteiger partial charge in [-0.3, -0.25) is 19.7 Å². The molecule has 1 unspecified atom stereocenters. The molecule has 1 amide bonds. The molecule has 0 saturated heterocycles. The van der Waals surface area contributed by atoms with Gasteiger partial charge in [0.25, 0.3) is 11.6 Å². The van der Waals surface area contributed by atoms with E-state index in [0.29, 0.717) is 18.7 Å². The van der Waals surface area contributed by atoms with Gasteiger partial charge in [0.15, 0.2) is 6.10 Å². The summed E-state index contributed by atoms with van der Waals surface area (Å²) in [4.78, 5) is 32.4. The normalized spacial score (nSPS) is 11.5. The number of nitro groups is 1. The summed E-state index contributed by atoms with van der Waals surface area (Å²) in [6.45, 7) is 1.76. The largest absolute Gasteiger partial charge is 0.453 e. The predicted molar refractivity (Wildman–Crippen MR) is 75.6 cm³/mol. The molecule has 0 aliphatic heterocycles. The summed E-state index contributed by atoms with van der Waals surface area (Å²) in [6, 6.07) is 6.24. The first-order valence-electron chi connectivity index (χ1n) is 6.38. The Labute approximate surface area is 121 Å². The van der Waals surface area contributed by atoms with E-state index >= 15 is 0 Å². The maximum absolute atomic E-state index is 11.4. The molecule has 1 aromatic rings. The third-order valence-corrected chi connectivity index (χ3v) is 2.68. The van der Waals surface area contributed by atoms with Crippen molar-refractivity contribution in [3.8, 4) is 0 Å². The summed E-state index contributed by atoms with van der Waals surface area (Å²) in [5.74, 6) is -1.24. The molecule has 114 valence electrons. The fraction of sp³-hybridized carbons (Fsp3) is 0.385. The first kappa shape index (κ1) is 16.4. The van der Waals surface area contributed by atoms with Crippen molar-refractivity contribution in [2.75, 3.05) is 11.9 Å². The number of anilines is 1. The van der Waals surface area contributed by atoms with Crippen LogP contribution < -0.4 is 11.1 Å². The molecule has 0 aliphatic rings. The van der Waals surface area contributed by atoms with E-state index in [-0.39, 0.29) is 12.1 Å². The molecule has 1 rings (SSSR count). The van der Waals surface area contributed by atoms with Gasteiger partial charge in [-0.1, -0.05) is 12.1 Å². The lowest BCUT2D eigenvalue weighted by atomic mass is 10.2. The zero-order valence-corrected chi connectivity index (χ0v) is 11.6. The van der Waals surface area contributed by atoms with E-state index in [9.17, 15) is 19.7 Å². The lowest BCUT2D eigenvalue weighted by molar-refractivity contribution is -0.384. The quantitative estimate of drug-likeness (QED) is 0.321. The number of rotatable bonds is 8. The Morgan fingerprint density at radius 1 is 1.43 bits per heavy atom. The minimum absolute atomic E-state index is 0.0255. The van der Waals surface area contributed by atoms with Crippen LogP contribution in [0.25, 0.3) is 0 Å². The van der Waals surface area contributed by atoms with Gasteiger partial charge in [0, 0.05) is 19.0 Å². The first-order chi connectivity index (χ1) is 9.91. The second-order valence-electron chi connectivity index (χ2n) is 4.34. The highest BCUT2D eigenvalue weighted by atomic mass is 16.6. The number of carbonyl (C=O) groups excluding carboxylic acids is 2. The van der Waals surface area contributed by atoms with Crippen molar-refractivity contribution in [1.29, 1.82) is 0 Å². The maximum Gasteiger partial charge on any atom is 0.306 e. The van der Waals surface area contributed by atoms with Crippen LogP contribution in [0.3, 0.4) is 0 Å². The monoisotopic (exact) mass is 295 g/mol. The molecule has 8 nitrogen and oxygen atoms in total. The minimum Gasteiger partial charge on any atom is -0.453 e. The summed E-state index contributed by atoms with van der Waals surface area (Å²) >= 11 is 0. The van der Waals surface area contributed by atoms with Crippen molar-refractivity contribution in [3.63, 3.8) is 0 Å². The van der Waals surface area contributed by atoms with E-state index in [1.54, 1.807) is 18.2 Å². The second kappa shape index (κ2) is 7.83. The topological polar surface area (TPSA) is 125 Å². The third kappa shape index (κ3) is 5.47. The summed E-state index contributed by atoms with van der Waals surface area (Å²) in [7, 11) is 0. The zero-order chi connectivity index (χ0) is 15.8. The number of amides is 1. The van der Waals surface area contributed by atoms with E-state index in [1.165, 1.54) is 13.0 Å². The van der Waals surface area contributed by atoms with E-state index in [0.717, 1.165) is 0 Å². The Morgan fingerprint density at radius 2 is 2.10 bits per heavy atom. The number of hydrogen-bond acceptors (Lipinski definition) is 6. The highest BCUT2D eigenvalue weighted by molar-refractivity contribution is 5.81. The number of nitrogens with two attached hydrogens (primary N) is 1. The average Bonchev–Trinajstić information content (AvgIpc) is 2.43. The van der Waals surface area contributed by atoms with Gasteiger partial charge < -0.3 is 15.8 Å².